The predicted octanol–water partition coefficient (Wildman–Crippen LogP) is 2.02. The van der Waals surface area contributed by atoms with Crippen LogP contribution in [0.2, 0.25) is 0 Å². The maximum absolute atomic E-state index is 11.4. The molecular weight excluding hydrogens is 240 g/mol. The average molecular weight is 252 g/mol. The van der Waals surface area contributed by atoms with E-state index in [1.807, 2.05) is 11.4 Å². The molecule has 0 radical (unpaired) electrons. The van der Waals surface area contributed by atoms with E-state index in [2.05, 4.69) is 9.97 Å². The summed E-state index contributed by atoms with van der Waals surface area (Å²) in [6.07, 6.45) is 0.748. The molecule has 2 aromatic rings. The van der Waals surface area contributed by atoms with Crippen molar-refractivity contribution in [2.24, 2.45) is 0 Å². The molecule has 0 aliphatic rings. The Morgan fingerprint density at radius 3 is 3.12 bits per heavy atom. The predicted molar refractivity (Wildman–Crippen MR) is 64.1 cm³/mol. The van der Waals surface area contributed by atoms with Gasteiger partial charge < -0.3 is 9.47 Å². The van der Waals surface area contributed by atoms with Gasteiger partial charge in [0, 0.05) is 0 Å². The fourth-order valence-electron chi connectivity index (χ4n) is 1.33. The van der Waals surface area contributed by atoms with Crippen LogP contribution in [0.4, 0.5) is 0 Å². The molecule has 0 aromatic carbocycles. The number of esters is 1. The van der Waals surface area contributed by atoms with Gasteiger partial charge >= 0.3 is 5.97 Å². The van der Waals surface area contributed by atoms with Crippen LogP contribution in [0.3, 0.4) is 0 Å². The Labute approximate surface area is 102 Å². The van der Waals surface area contributed by atoms with Crippen LogP contribution in [-0.2, 0) is 9.53 Å². The number of aromatic nitrogens is 2. The zero-order chi connectivity index (χ0) is 12.3. The van der Waals surface area contributed by atoms with E-state index in [-0.39, 0.29) is 0 Å². The van der Waals surface area contributed by atoms with Gasteiger partial charge in [0.2, 0.25) is 5.88 Å². The SMILES string of the molecule is CCOC(=O)C(C)Oc1ncnc2ccsc12. The lowest BCUT2D eigenvalue weighted by molar-refractivity contribution is -0.150. The number of hydrogen-bond acceptors (Lipinski definition) is 6. The maximum atomic E-state index is 11.4. The van der Waals surface area contributed by atoms with Gasteiger partial charge in [-0.2, -0.15) is 0 Å². The standard InChI is InChI=1S/C11H12N2O3S/c1-3-15-11(14)7(2)16-10-9-8(4-5-17-9)12-6-13-10/h4-7H,3H2,1-2H3. The zero-order valence-corrected chi connectivity index (χ0v) is 10.4. The number of carbonyl (C=O) groups is 1. The van der Waals surface area contributed by atoms with E-state index in [0.29, 0.717) is 12.5 Å². The quantitative estimate of drug-likeness (QED) is 0.779. The molecule has 0 aliphatic heterocycles. The zero-order valence-electron chi connectivity index (χ0n) is 9.54. The summed E-state index contributed by atoms with van der Waals surface area (Å²) in [5.74, 6) is 0.0290. The van der Waals surface area contributed by atoms with Crippen LogP contribution >= 0.6 is 11.3 Å². The molecule has 2 rings (SSSR count). The summed E-state index contributed by atoms with van der Waals surface area (Å²) < 4.78 is 11.2. The van der Waals surface area contributed by atoms with E-state index >= 15 is 0 Å². The van der Waals surface area contributed by atoms with Crippen molar-refractivity contribution in [3.8, 4) is 5.88 Å². The summed E-state index contributed by atoms with van der Waals surface area (Å²) in [6.45, 7) is 3.73. The lowest BCUT2D eigenvalue weighted by atomic mass is 10.4. The number of thiophene rings is 1. The normalized spacial score (nSPS) is 12.4. The second-order valence-corrected chi connectivity index (χ2v) is 4.24. The maximum Gasteiger partial charge on any atom is 0.347 e. The number of carbonyl (C=O) groups excluding carboxylic acids is 1. The van der Waals surface area contributed by atoms with E-state index in [1.165, 1.54) is 17.7 Å². The van der Waals surface area contributed by atoms with E-state index < -0.39 is 12.1 Å². The second-order valence-electron chi connectivity index (χ2n) is 3.33. The molecule has 0 bridgehead atoms. The molecule has 0 amide bonds. The largest absolute Gasteiger partial charge is 0.463 e. The minimum atomic E-state index is -0.671. The molecule has 0 fully saturated rings. The van der Waals surface area contributed by atoms with Crippen molar-refractivity contribution >= 4 is 27.5 Å². The number of rotatable bonds is 4. The minimum Gasteiger partial charge on any atom is -0.463 e. The van der Waals surface area contributed by atoms with Crippen LogP contribution < -0.4 is 4.74 Å². The minimum absolute atomic E-state index is 0.338. The van der Waals surface area contributed by atoms with E-state index in [1.54, 1.807) is 13.8 Å². The van der Waals surface area contributed by atoms with Crippen molar-refractivity contribution in [2.45, 2.75) is 20.0 Å². The van der Waals surface area contributed by atoms with Crippen molar-refractivity contribution in [1.82, 2.24) is 9.97 Å². The third-order valence-corrected chi connectivity index (χ3v) is 3.01. The van der Waals surface area contributed by atoms with Gasteiger partial charge in [-0.3, -0.25) is 0 Å². The van der Waals surface area contributed by atoms with Gasteiger partial charge in [-0.05, 0) is 25.3 Å². The van der Waals surface area contributed by atoms with Gasteiger partial charge in [-0.15, -0.1) is 11.3 Å². The van der Waals surface area contributed by atoms with E-state index in [0.717, 1.165) is 10.2 Å². The monoisotopic (exact) mass is 252 g/mol. The van der Waals surface area contributed by atoms with E-state index in [9.17, 15) is 4.79 Å². The molecule has 0 saturated carbocycles. The smallest absolute Gasteiger partial charge is 0.347 e. The average Bonchev–Trinajstić information content (AvgIpc) is 2.78. The second kappa shape index (κ2) is 5.09. The van der Waals surface area contributed by atoms with Crippen LogP contribution in [0, 0.1) is 0 Å². The first kappa shape index (κ1) is 11.8. The molecule has 2 aromatic heterocycles. The van der Waals surface area contributed by atoms with Crippen molar-refractivity contribution in [3.05, 3.63) is 17.8 Å². The molecule has 0 aliphatic carbocycles. The van der Waals surface area contributed by atoms with Gasteiger partial charge in [-0.1, -0.05) is 0 Å². The fraction of sp³-hybridized carbons (Fsp3) is 0.364. The molecule has 90 valence electrons. The third kappa shape index (κ3) is 2.52. The van der Waals surface area contributed by atoms with Crippen molar-refractivity contribution in [2.75, 3.05) is 6.61 Å². The van der Waals surface area contributed by atoms with Crippen LogP contribution in [-0.4, -0.2) is 28.6 Å². The number of ether oxygens (including phenoxy) is 2. The fourth-order valence-corrected chi connectivity index (χ4v) is 2.10. The summed E-state index contributed by atoms with van der Waals surface area (Å²) in [5.41, 5.74) is 0.816. The lowest BCUT2D eigenvalue weighted by Gasteiger charge is -2.12. The topological polar surface area (TPSA) is 61.3 Å². The van der Waals surface area contributed by atoms with E-state index in [4.69, 9.17) is 9.47 Å². The van der Waals surface area contributed by atoms with Gasteiger partial charge in [-0.25, -0.2) is 14.8 Å². The molecule has 17 heavy (non-hydrogen) atoms. The number of nitrogens with zero attached hydrogens (tertiary/aromatic N) is 2. The highest BCUT2D eigenvalue weighted by atomic mass is 32.1. The molecular formula is C11H12N2O3S. The molecule has 2 heterocycles. The Kier molecular flexibility index (Phi) is 3.53. The molecule has 0 N–H and O–H groups in total. The number of hydrogen-bond donors (Lipinski definition) is 0. The molecule has 1 atom stereocenters. The summed E-state index contributed by atoms with van der Waals surface area (Å²) in [5, 5.41) is 1.90. The van der Waals surface area contributed by atoms with Crippen LogP contribution in [0.1, 0.15) is 13.8 Å². The van der Waals surface area contributed by atoms with Gasteiger partial charge in [0.15, 0.2) is 6.10 Å². The highest BCUT2D eigenvalue weighted by molar-refractivity contribution is 7.17. The lowest BCUT2D eigenvalue weighted by Crippen LogP contribution is -2.26. The molecule has 6 heteroatoms. The molecule has 5 nitrogen and oxygen atoms in total. The highest BCUT2D eigenvalue weighted by Gasteiger charge is 2.18. The van der Waals surface area contributed by atoms with Crippen LogP contribution in [0.25, 0.3) is 10.2 Å². The summed E-state index contributed by atoms with van der Waals surface area (Å²) >= 11 is 1.48. The van der Waals surface area contributed by atoms with Gasteiger partial charge in [0.05, 0.1) is 12.1 Å². The van der Waals surface area contributed by atoms with Crippen molar-refractivity contribution in [3.63, 3.8) is 0 Å². The Morgan fingerprint density at radius 1 is 1.53 bits per heavy atom. The summed E-state index contributed by atoms with van der Waals surface area (Å²) in [7, 11) is 0. The van der Waals surface area contributed by atoms with Gasteiger partial charge in [0.1, 0.15) is 11.0 Å². The molecule has 1 unspecified atom stereocenters. The third-order valence-electron chi connectivity index (χ3n) is 2.12. The number of fused-ring (bicyclic) bond motifs is 1. The Balaban J connectivity index is 2.18. The highest BCUT2D eigenvalue weighted by Crippen LogP contribution is 2.27. The van der Waals surface area contributed by atoms with Crippen LogP contribution in [0.5, 0.6) is 5.88 Å². The van der Waals surface area contributed by atoms with Gasteiger partial charge in [0.25, 0.3) is 0 Å². The van der Waals surface area contributed by atoms with Crippen molar-refractivity contribution < 1.29 is 14.3 Å². The Bertz CT molecular complexity index is 526. The first-order valence-electron chi connectivity index (χ1n) is 5.24. The molecule has 0 saturated heterocycles. The first-order valence-corrected chi connectivity index (χ1v) is 6.11. The Hall–Kier alpha value is -1.69. The first-order chi connectivity index (χ1) is 8.22. The van der Waals surface area contributed by atoms with Crippen molar-refractivity contribution in [1.29, 1.82) is 0 Å². The van der Waals surface area contributed by atoms with Crippen LogP contribution in [0.15, 0.2) is 17.8 Å². The summed E-state index contributed by atoms with van der Waals surface area (Å²) in [4.78, 5) is 19.6. The molecule has 0 spiro atoms. The summed E-state index contributed by atoms with van der Waals surface area (Å²) in [6, 6.07) is 1.88. The Morgan fingerprint density at radius 2 is 2.35 bits per heavy atom.